The van der Waals surface area contributed by atoms with Gasteiger partial charge in [0.05, 0.1) is 12.8 Å². The Kier molecular flexibility index (Phi) is 3.54. The van der Waals surface area contributed by atoms with Crippen LogP contribution in [0.4, 0.5) is 11.4 Å². The van der Waals surface area contributed by atoms with Crippen molar-refractivity contribution < 1.29 is 12.6 Å². The Morgan fingerprint density at radius 3 is 2.33 bits per heavy atom. The Labute approximate surface area is 89.6 Å². The van der Waals surface area contributed by atoms with Crippen LogP contribution in [0.2, 0.25) is 0 Å². The van der Waals surface area contributed by atoms with Crippen molar-refractivity contribution in [3.05, 3.63) is 18.2 Å². The van der Waals surface area contributed by atoms with Crippen molar-refractivity contribution in [3.63, 3.8) is 0 Å². The summed E-state index contributed by atoms with van der Waals surface area (Å²) in [6.07, 6.45) is 0. The highest BCUT2D eigenvalue weighted by Crippen LogP contribution is 2.25. The molecule has 2 N–H and O–H groups in total. The highest BCUT2D eigenvalue weighted by molar-refractivity contribution is 7.87. The van der Waals surface area contributed by atoms with E-state index < -0.39 is 10.1 Å². The van der Waals surface area contributed by atoms with Crippen molar-refractivity contribution in [2.45, 2.75) is 4.90 Å². The molecule has 0 spiro atoms. The predicted molar refractivity (Wildman–Crippen MR) is 59.7 cm³/mol. The Balaban J connectivity index is 3.36. The zero-order valence-electron chi connectivity index (χ0n) is 8.87. The second-order valence-corrected chi connectivity index (χ2v) is 4.51. The molecule has 0 bridgehead atoms. The molecule has 1 aromatic carbocycles. The first-order valence-corrected chi connectivity index (χ1v) is 5.76. The number of nitrogens with one attached hydrogen (secondary N) is 2. The van der Waals surface area contributed by atoms with Crippen molar-refractivity contribution in [2.24, 2.45) is 0 Å². The van der Waals surface area contributed by atoms with Gasteiger partial charge in [-0.15, -0.1) is 0 Å². The highest BCUT2D eigenvalue weighted by atomic mass is 32.2. The summed E-state index contributed by atoms with van der Waals surface area (Å²) < 4.78 is 27.6. The maximum absolute atomic E-state index is 11.6. The molecule has 6 heteroatoms. The van der Waals surface area contributed by atoms with E-state index >= 15 is 0 Å². The summed E-state index contributed by atoms with van der Waals surface area (Å²) in [7, 11) is 0.839. The van der Waals surface area contributed by atoms with Crippen molar-refractivity contribution in [3.8, 4) is 0 Å². The molecular weight excluding hydrogens is 216 g/mol. The zero-order chi connectivity index (χ0) is 11.5. The molecule has 0 heterocycles. The zero-order valence-corrected chi connectivity index (χ0v) is 9.68. The third-order valence-corrected chi connectivity index (χ3v) is 3.34. The molecule has 0 aliphatic heterocycles. The minimum Gasteiger partial charge on any atom is -0.388 e. The quantitative estimate of drug-likeness (QED) is 0.758. The molecule has 0 saturated heterocycles. The van der Waals surface area contributed by atoms with Gasteiger partial charge in [-0.05, 0) is 18.2 Å². The molecule has 5 nitrogen and oxygen atoms in total. The second kappa shape index (κ2) is 4.50. The molecule has 0 atom stereocenters. The lowest BCUT2D eigenvalue weighted by Gasteiger charge is -2.10. The summed E-state index contributed by atoms with van der Waals surface area (Å²) >= 11 is 0. The third kappa shape index (κ3) is 2.40. The lowest BCUT2D eigenvalue weighted by Crippen LogP contribution is -2.07. The number of anilines is 2. The normalized spacial score (nSPS) is 11.1. The van der Waals surface area contributed by atoms with Gasteiger partial charge in [-0.25, -0.2) is 0 Å². The molecule has 0 saturated carbocycles. The number of hydrogen-bond acceptors (Lipinski definition) is 5. The summed E-state index contributed by atoms with van der Waals surface area (Å²) in [4.78, 5) is 0.124. The molecule has 1 aromatic rings. The van der Waals surface area contributed by atoms with Crippen LogP contribution in [-0.2, 0) is 14.3 Å². The van der Waals surface area contributed by atoms with Crippen LogP contribution in [0.1, 0.15) is 0 Å². The van der Waals surface area contributed by atoms with E-state index in [1.54, 1.807) is 26.2 Å². The second-order valence-electron chi connectivity index (χ2n) is 2.83. The number of hydrogen-bond donors (Lipinski definition) is 2. The molecule has 0 radical (unpaired) electrons. The summed E-state index contributed by atoms with van der Waals surface area (Å²) in [5, 5.41) is 5.67. The molecule has 84 valence electrons. The number of benzene rings is 1. The SMILES string of the molecule is CNc1ccc(NC)c(S(=O)(=O)OC)c1. The molecule has 0 aliphatic rings. The molecule has 0 aromatic heterocycles. The minimum atomic E-state index is -3.68. The van der Waals surface area contributed by atoms with Gasteiger partial charge < -0.3 is 10.6 Å². The van der Waals surface area contributed by atoms with Crippen LogP contribution in [0.3, 0.4) is 0 Å². The maximum Gasteiger partial charge on any atom is 0.298 e. The van der Waals surface area contributed by atoms with Gasteiger partial charge in [0.1, 0.15) is 4.90 Å². The fraction of sp³-hybridized carbons (Fsp3) is 0.333. The van der Waals surface area contributed by atoms with Gasteiger partial charge in [0.15, 0.2) is 0 Å². The van der Waals surface area contributed by atoms with Crippen LogP contribution < -0.4 is 10.6 Å². The topological polar surface area (TPSA) is 67.4 Å². The van der Waals surface area contributed by atoms with E-state index in [9.17, 15) is 8.42 Å². The summed E-state index contributed by atoms with van der Waals surface area (Å²) in [5.41, 5.74) is 1.22. The average molecular weight is 230 g/mol. The van der Waals surface area contributed by atoms with Gasteiger partial charge in [0.25, 0.3) is 10.1 Å². The van der Waals surface area contributed by atoms with E-state index in [1.807, 2.05) is 0 Å². The van der Waals surface area contributed by atoms with Crippen molar-refractivity contribution in [1.82, 2.24) is 0 Å². The van der Waals surface area contributed by atoms with Crippen LogP contribution in [0.5, 0.6) is 0 Å². The molecule has 1 rings (SSSR count). The molecule has 0 aliphatic carbocycles. The van der Waals surface area contributed by atoms with Gasteiger partial charge in [-0.1, -0.05) is 0 Å². The van der Waals surface area contributed by atoms with Crippen molar-refractivity contribution in [2.75, 3.05) is 31.8 Å². The Bertz CT molecular complexity index is 443. The van der Waals surface area contributed by atoms with Crippen molar-refractivity contribution >= 4 is 21.5 Å². The van der Waals surface area contributed by atoms with E-state index in [1.165, 1.54) is 6.07 Å². The maximum atomic E-state index is 11.6. The summed E-state index contributed by atoms with van der Waals surface area (Å²) in [6, 6.07) is 4.98. The standard InChI is InChI=1S/C9H14N2O3S/c1-10-7-4-5-8(11-2)9(6-7)15(12,13)14-3/h4-6,10-11H,1-3H3. The van der Waals surface area contributed by atoms with E-state index in [-0.39, 0.29) is 4.90 Å². The van der Waals surface area contributed by atoms with Gasteiger partial charge in [-0.3, -0.25) is 4.18 Å². The van der Waals surface area contributed by atoms with Crippen LogP contribution in [0, 0.1) is 0 Å². The van der Waals surface area contributed by atoms with Crippen molar-refractivity contribution in [1.29, 1.82) is 0 Å². The van der Waals surface area contributed by atoms with Gasteiger partial charge in [0, 0.05) is 19.8 Å². The number of rotatable bonds is 4. The Hall–Kier alpha value is -1.27. The fourth-order valence-corrected chi connectivity index (χ4v) is 2.07. The first-order chi connectivity index (χ1) is 7.05. The first kappa shape index (κ1) is 11.8. The van der Waals surface area contributed by atoms with Gasteiger partial charge in [-0.2, -0.15) is 8.42 Å². The first-order valence-electron chi connectivity index (χ1n) is 4.35. The minimum absolute atomic E-state index is 0.124. The van der Waals surface area contributed by atoms with Crippen LogP contribution >= 0.6 is 0 Å². The van der Waals surface area contributed by atoms with E-state index in [4.69, 9.17) is 0 Å². The third-order valence-electron chi connectivity index (χ3n) is 2.03. The molecule has 0 fully saturated rings. The molecule has 0 amide bonds. The highest BCUT2D eigenvalue weighted by Gasteiger charge is 2.17. The predicted octanol–water partition coefficient (Wildman–Crippen LogP) is 1.11. The van der Waals surface area contributed by atoms with E-state index in [0.717, 1.165) is 7.11 Å². The lowest BCUT2D eigenvalue weighted by molar-refractivity contribution is 0.398. The average Bonchev–Trinajstić information content (AvgIpc) is 2.28. The summed E-state index contributed by atoms with van der Waals surface area (Å²) in [6.45, 7) is 0. The monoisotopic (exact) mass is 230 g/mol. The Morgan fingerprint density at radius 2 is 1.87 bits per heavy atom. The Morgan fingerprint density at radius 1 is 1.20 bits per heavy atom. The lowest BCUT2D eigenvalue weighted by atomic mass is 10.3. The molecular formula is C9H14N2O3S. The smallest absolute Gasteiger partial charge is 0.298 e. The van der Waals surface area contributed by atoms with E-state index in [0.29, 0.717) is 11.4 Å². The molecule has 0 unspecified atom stereocenters. The van der Waals surface area contributed by atoms with Gasteiger partial charge >= 0.3 is 0 Å². The fourth-order valence-electron chi connectivity index (χ4n) is 1.18. The largest absolute Gasteiger partial charge is 0.388 e. The van der Waals surface area contributed by atoms with Crippen LogP contribution in [-0.4, -0.2) is 29.6 Å². The van der Waals surface area contributed by atoms with E-state index in [2.05, 4.69) is 14.8 Å². The van der Waals surface area contributed by atoms with Crippen LogP contribution in [0.15, 0.2) is 23.1 Å². The summed E-state index contributed by atoms with van der Waals surface area (Å²) in [5.74, 6) is 0. The molecule has 15 heavy (non-hydrogen) atoms. The van der Waals surface area contributed by atoms with Gasteiger partial charge in [0.2, 0.25) is 0 Å². The van der Waals surface area contributed by atoms with Crippen LogP contribution in [0.25, 0.3) is 0 Å².